The molecule has 7 heteroatoms. The molecule has 0 N–H and O–H groups in total. The van der Waals surface area contributed by atoms with E-state index in [4.69, 9.17) is 4.74 Å². The van der Waals surface area contributed by atoms with Crippen LogP contribution in [0.3, 0.4) is 0 Å². The smallest absolute Gasteiger partial charge is 0.417 e. The average molecular weight is 320 g/mol. The van der Waals surface area contributed by atoms with Gasteiger partial charge in [0.05, 0.1) is 18.2 Å². The molecular weight excluding hydrogens is 310 g/mol. The molecule has 0 saturated carbocycles. The molecule has 1 nitrogen and oxygen atoms in total. The fraction of sp³-hybridized carbons (Fsp3) is 0.200. The Morgan fingerprint density at radius 2 is 1.23 bits per heavy atom. The first kappa shape index (κ1) is 16.2. The summed E-state index contributed by atoms with van der Waals surface area (Å²) < 4.78 is 83.7. The monoisotopic (exact) mass is 320 g/mol. The molecule has 0 heterocycles. The number of rotatable bonds is 2. The molecule has 0 radical (unpaired) electrons. The Bertz CT molecular complexity index is 640. The van der Waals surface area contributed by atoms with Gasteiger partial charge in [-0.05, 0) is 18.2 Å². The van der Waals surface area contributed by atoms with Crippen molar-refractivity contribution in [2.24, 2.45) is 0 Å². The highest BCUT2D eigenvalue weighted by Gasteiger charge is 2.41. The van der Waals surface area contributed by atoms with E-state index in [1.165, 1.54) is 31.4 Å². The lowest BCUT2D eigenvalue weighted by molar-refractivity contribution is -0.142. The molecule has 22 heavy (non-hydrogen) atoms. The van der Waals surface area contributed by atoms with Gasteiger partial charge in [0.15, 0.2) is 0 Å². The number of benzene rings is 2. The van der Waals surface area contributed by atoms with E-state index in [-0.39, 0.29) is 11.3 Å². The first-order chi connectivity index (χ1) is 10.2. The number of halogens is 6. The molecular formula is C15H10F6O. The molecule has 0 bridgehead atoms. The number of hydrogen-bond acceptors (Lipinski definition) is 1. The molecule has 2 aromatic rings. The van der Waals surface area contributed by atoms with E-state index < -0.39 is 29.0 Å². The summed E-state index contributed by atoms with van der Waals surface area (Å²) in [4.78, 5) is 0. The predicted octanol–water partition coefficient (Wildman–Crippen LogP) is 5.40. The van der Waals surface area contributed by atoms with E-state index in [9.17, 15) is 26.3 Å². The Kier molecular flexibility index (Phi) is 4.08. The first-order valence-electron chi connectivity index (χ1n) is 6.07. The Balaban J connectivity index is 2.87. The first-order valence-corrected chi connectivity index (χ1v) is 6.07. The molecule has 0 saturated heterocycles. The van der Waals surface area contributed by atoms with Gasteiger partial charge in [-0.15, -0.1) is 0 Å². The van der Waals surface area contributed by atoms with Crippen molar-refractivity contribution in [1.82, 2.24) is 0 Å². The Hall–Kier alpha value is -2.18. The van der Waals surface area contributed by atoms with Crippen LogP contribution in [0.4, 0.5) is 26.3 Å². The van der Waals surface area contributed by atoms with E-state index in [0.29, 0.717) is 12.1 Å². The fourth-order valence-corrected chi connectivity index (χ4v) is 2.17. The number of hydrogen-bond donors (Lipinski definition) is 0. The molecule has 0 aliphatic rings. The zero-order chi connectivity index (χ0) is 16.5. The highest BCUT2D eigenvalue weighted by molar-refractivity contribution is 5.77. The third kappa shape index (κ3) is 3.03. The minimum Gasteiger partial charge on any atom is -0.496 e. The highest BCUT2D eigenvalue weighted by Crippen LogP contribution is 2.46. The Morgan fingerprint density at radius 3 is 1.68 bits per heavy atom. The van der Waals surface area contributed by atoms with Crippen molar-refractivity contribution >= 4 is 0 Å². The quantitative estimate of drug-likeness (QED) is 0.673. The van der Waals surface area contributed by atoms with Gasteiger partial charge >= 0.3 is 12.4 Å². The maximum atomic E-state index is 13.1. The van der Waals surface area contributed by atoms with Crippen LogP contribution in [0.25, 0.3) is 11.1 Å². The van der Waals surface area contributed by atoms with Crippen LogP contribution >= 0.6 is 0 Å². The van der Waals surface area contributed by atoms with Crippen LogP contribution in [0.2, 0.25) is 0 Å². The average Bonchev–Trinajstić information content (AvgIpc) is 2.44. The summed E-state index contributed by atoms with van der Waals surface area (Å²) in [6.07, 6.45) is -9.84. The Morgan fingerprint density at radius 1 is 0.727 bits per heavy atom. The van der Waals surface area contributed by atoms with Gasteiger partial charge in [0.25, 0.3) is 0 Å². The van der Waals surface area contributed by atoms with Crippen molar-refractivity contribution in [2.75, 3.05) is 7.11 Å². The molecule has 0 amide bonds. The van der Waals surface area contributed by atoms with Crippen molar-refractivity contribution in [1.29, 1.82) is 0 Å². The van der Waals surface area contributed by atoms with Gasteiger partial charge in [0.2, 0.25) is 0 Å². The summed E-state index contributed by atoms with van der Waals surface area (Å²) in [6.45, 7) is 0. The van der Waals surface area contributed by atoms with Gasteiger partial charge in [-0.25, -0.2) is 0 Å². The summed E-state index contributed by atoms with van der Waals surface area (Å²) in [5.74, 6) is -0.0651. The van der Waals surface area contributed by atoms with Crippen LogP contribution < -0.4 is 4.74 Å². The third-order valence-electron chi connectivity index (χ3n) is 3.05. The minimum atomic E-state index is -4.92. The lowest BCUT2D eigenvalue weighted by Crippen LogP contribution is -2.14. The molecule has 2 aromatic carbocycles. The molecule has 118 valence electrons. The summed E-state index contributed by atoms with van der Waals surface area (Å²) >= 11 is 0. The van der Waals surface area contributed by atoms with Gasteiger partial charge in [-0.3, -0.25) is 0 Å². The third-order valence-corrected chi connectivity index (χ3v) is 3.05. The standard InChI is InChI=1S/C15H10F6O/c1-22-12-8-3-2-5-9(12)13-10(14(16,17)18)6-4-7-11(13)15(19,20)21/h2-8H,1H3. The highest BCUT2D eigenvalue weighted by atomic mass is 19.4. The van der Waals surface area contributed by atoms with Crippen LogP contribution in [-0.2, 0) is 12.4 Å². The molecule has 0 unspecified atom stereocenters. The maximum Gasteiger partial charge on any atom is 0.417 e. The van der Waals surface area contributed by atoms with Crippen LogP contribution in [0.1, 0.15) is 11.1 Å². The summed E-state index contributed by atoms with van der Waals surface area (Å²) in [5, 5.41) is 0. The number of alkyl halides is 6. The Labute approximate surface area is 122 Å². The van der Waals surface area contributed by atoms with Crippen LogP contribution in [-0.4, -0.2) is 7.11 Å². The van der Waals surface area contributed by atoms with Crippen LogP contribution in [0, 0.1) is 0 Å². The lowest BCUT2D eigenvalue weighted by atomic mass is 9.93. The lowest BCUT2D eigenvalue weighted by Gasteiger charge is -2.20. The van der Waals surface area contributed by atoms with E-state index in [1.807, 2.05) is 0 Å². The topological polar surface area (TPSA) is 9.23 Å². The number of methoxy groups -OCH3 is 1. The van der Waals surface area contributed by atoms with Crippen molar-refractivity contribution in [3.05, 3.63) is 53.6 Å². The van der Waals surface area contributed by atoms with Gasteiger partial charge in [0.1, 0.15) is 5.75 Å². The SMILES string of the molecule is COc1ccccc1-c1c(C(F)(F)F)cccc1C(F)(F)F. The second kappa shape index (κ2) is 5.55. The second-order valence-corrected chi connectivity index (χ2v) is 4.42. The zero-order valence-corrected chi connectivity index (χ0v) is 11.2. The van der Waals surface area contributed by atoms with E-state index in [1.54, 1.807) is 0 Å². The van der Waals surface area contributed by atoms with Crippen molar-refractivity contribution in [3.63, 3.8) is 0 Å². The molecule has 0 spiro atoms. The van der Waals surface area contributed by atoms with Crippen molar-refractivity contribution in [3.8, 4) is 16.9 Å². The molecule has 0 aromatic heterocycles. The van der Waals surface area contributed by atoms with E-state index in [0.717, 1.165) is 6.07 Å². The minimum absolute atomic E-state index is 0.0651. The summed E-state index contributed by atoms with van der Waals surface area (Å²) in [7, 11) is 1.18. The largest absolute Gasteiger partial charge is 0.496 e. The van der Waals surface area contributed by atoms with Crippen molar-refractivity contribution < 1.29 is 31.1 Å². The molecule has 2 rings (SSSR count). The molecule has 0 aliphatic heterocycles. The number of ether oxygens (including phenoxy) is 1. The van der Waals surface area contributed by atoms with Crippen LogP contribution in [0.5, 0.6) is 5.75 Å². The van der Waals surface area contributed by atoms with Gasteiger partial charge < -0.3 is 4.74 Å². The fourth-order valence-electron chi connectivity index (χ4n) is 2.17. The van der Waals surface area contributed by atoms with Crippen LogP contribution in [0.15, 0.2) is 42.5 Å². The predicted molar refractivity (Wildman–Crippen MR) is 68.4 cm³/mol. The maximum absolute atomic E-state index is 13.1. The van der Waals surface area contributed by atoms with Gasteiger partial charge in [0, 0.05) is 11.1 Å². The molecule has 0 atom stereocenters. The summed E-state index contributed by atoms with van der Waals surface area (Å²) in [6, 6.07) is 7.27. The number of para-hydroxylation sites is 1. The molecule has 0 fully saturated rings. The second-order valence-electron chi connectivity index (χ2n) is 4.42. The van der Waals surface area contributed by atoms with Gasteiger partial charge in [-0.1, -0.05) is 24.3 Å². The van der Waals surface area contributed by atoms with E-state index >= 15 is 0 Å². The zero-order valence-electron chi connectivity index (χ0n) is 11.2. The molecule has 0 aliphatic carbocycles. The van der Waals surface area contributed by atoms with Gasteiger partial charge in [-0.2, -0.15) is 26.3 Å². The normalized spacial score (nSPS) is 12.3. The summed E-state index contributed by atoms with van der Waals surface area (Å²) in [5.41, 5.74) is -3.90. The van der Waals surface area contributed by atoms with Crippen molar-refractivity contribution in [2.45, 2.75) is 12.4 Å². The van der Waals surface area contributed by atoms with E-state index in [2.05, 4.69) is 0 Å².